The number of aryl methyl sites for hydroxylation is 1. The fourth-order valence-corrected chi connectivity index (χ4v) is 4.14. The molecule has 0 spiro atoms. The van der Waals surface area contributed by atoms with Crippen LogP contribution in [0.4, 0.5) is 10.5 Å². The Bertz CT molecular complexity index is 1260. The average molecular weight is 523 g/mol. The average Bonchev–Trinajstić information content (AvgIpc) is 2.82. The van der Waals surface area contributed by atoms with Crippen molar-refractivity contribution in [1.82, 2.24) is 4.31 Å². The predicted molar refractivity (Wildman–Crippen MR) is 143 cm³/mol. The highest BCUT2D eigenvalue weighted by molar-refractivity contribution is 7.97. The molecule has 0 aromatic heterocycles. The van der Waals surface area contributed by atoms with Gasteiger partial charge in [0.05, 0.1) is 6.54 Å². The number of anilines is 1. The molecule has 0 bridgehead atoms. The molecular formula is C28H30N2O6S. The minimum Gasteiger partial charge on any atom is -0.507 e. The van der Waals surface area contributed by atoms with Crippen molar-refractivity contribution in [2.45, 2.75) is 44.7 Å². The molecule has 2 N–H and O–H groups in total. The number of carbonyl (C=O) groups excluding carboxylic acids is 2. The molecule has 3 aromatic carbocycles. The first-order valence-electron chi connectivity index (χ1n) is 11.6. The maximum atomic E-state index is 13.7. The lowest BCUT2D eigenvalue weighted by atomic mass is 10.1. The molecule has 3 rings (SSSR count). The van der Waals surface area contributed by atoms with Gasteiger partial charge in [-0.05, 0) is 69.5 Å². The quantitative estimate of drug-likeness (QED) is 0.356. The van der Waals surface area contributed by atoms with Gasteiger partial charge in [0.15, 0.2) is 0 Å². The number of aromatic hydroxyl groups is 1. The van der Waals surface area contributed by atoms with Gasteiger partial charge in [0, 0.05) is 16.6 Å². The van der Waals surface area contributed by atoms with E-state index in [1.165, 1.54) is 27.4 Å². The van der Waals surface area contributed by atoms with Crippen LogP contribution in [0.5, 0.6) is 5.75 Å². The Hall–Kier alpha value is -3.98. The summed E-state index contributed by atoms with van der Waals surface area (Å²) in [6, 6.07) is 20.7. The summed E-state index contributed by atoms with van der Waals surface area (Å²) in [5, 5.41) is 19.5. The number of ether oxygens (including phenoxy) is 1. The number of benzene rings is 3. The minimum absolute atomic E-state index is 0.142. The standard InChI is InChI=1S/C28H30N2O6S/c1-19-10-13-22(14-11-19)37-30(27(35)36-28(2,3)4)18-25(32)29(17-20-8-6-5-7-9-20)21-12-15-23(26(33)34)24(31)16-21/h5-16,31H,17-18H2,1-4H3,(H,33,34). The highest BCUT2D eigenvalue weighted by atomic mass is 32.2. The number of amides is 2. The molecule has 0 saturated carbocycles. The van der Waals surface area contributed by atoms with E-state index < -0.39 is 29.3 Å². The monoisotopic (exact) mass is 522 g/mol. The first-order chi connectivity index (χ1) is 17.4. The molecule has 37 heavy (non-hydrogen) atoms. The number of rotatable bonds is 8. The summed E-state index contributed by atoms with van der Waals surface area (Å²) >= 11 is 1.09. The molecule has 0 atom stereocenters. The number of carboxylic acid groups (broad SMARTS) is 1. The summed E-state index contributed by atoms with van der Waals surface area (Å²) in [6.45, 7) is 7.00. The molecule has 0 heterocycles. The summed E-state index contributed by atoms with van der Waals surface area (Å²) in [7, 11) is 0. The molecule has 2 amide bonds. The van der Waals surface area contributed by atoms with Crippen LogP contribution in [0.2, 0.25) is 0 Å². The topological polar surface area (TPSA) is 107 Å². The Balaban J connectivity index is 1.94. The van der Waals surface area contributed by atoms with E-state index in [1.54, 1.807) is 20.8 Å². The highest BCUT2D eigenvalue weighted by Crippen LogP contribution is 2.29. The van der Waals surface area contributed by atoms with Crippen LogP contribution in [-0.2, 0) is 16.1 Å². The SMILES string of the molecule is Cc1ccc(SN(CC(=O)N(Cc2ccccc2)c2ccc(C(=O)O)c(O)c2)C(=O)OC(C)(C)C)cc1. The normalized spacial score (nSPS) is 11.0. The van der Waals surface area contributed by atoms with E-state index in [0.29, 0.717) is 5.69 Å². The van der Waals surface area contributed by atoms with Gasteiger partial charge in [0.2, 0.25) is 5.91 Å². The fraction of sp³-hybridized carbons (Fsp3) is 0.250. The number of phenols is 1. The Morgan fingerprint density at radius 1 is 0.946 bits per heavy atom. The molecule has 0 fully saturated rings. The van der Waals surface area contributed by atoms with E-state index in [9.17, 15) is 24.6 Å². The van der Waals surface area contributed by atoms with Crippen molar-refractivity contribution in [2.75, 3.05) is 11.4 Å². The zero-order valence-electron chi connectivity index (χ0n) is 21.2. The molecule has 9 heteroatoms. The zero-order chi connectivity index (χ0) is 27.2. The Morgan fingerprint density at radius 3 is 2.16 bits per heavy atom. The molecule has 0 radical (unpaired) electrons. The van der Waals surface area contributed by atoms with E-state index in [4.69, 9.17) is 4.74 Å². The van der Waals surface area contributed by atoms with Crippen LogP contribution in [0, 0.1) is 6.92 Å². The van der Waals surface area contributed by atoms with Gasteiger partial charge >= 0.3 is 12.1 Å². The van der Waals surface area contributed by atoms with Crippen molar-refractivity contribution in [2.24, 2.45) is 0 Å². The van der Waals surface area contributed by atoms with Crippen LogP contribution in [0.3, 0.4) is 0 Å². The van der Waals surface area contributed by atoms with Crippen molar-refractivity contribution in [1.29, 1.82) is 0 Å². The molecule has 3 aromatic rings. The van der Waals surface area contributed by atoms with Crippen LogP contribution >= 0.6 is 11.9 Å². The lowest BCUT2D eigenvalue weighted by Crippen LogP contribution is -2.41. The van der Waals surface area contributed by atoms with E-state index >= 15 is 0 Å². The number of nitrogens with zero attached hydrogens (tertiary/aromatic N) is 2. The molecule has 0 saturated heterocycles. The second kappa shape index (κ2) is 11.8. The van der Waals surface area contributed by atoms with Gasteiger partial charge in [-0.3, -0.25) is 4.79 Å². The second-order valence-electron chi connectivity index (χ2n) is 9.39. The van der Waals surface area contributed by atoms with Crippen LogP contribution in [0.25, 0.3) is 0 Å². The Morgan fingerprint density at radius 2 is 1.59 bits per heavy atom. The summed E-state index contributed by atoms with van der Waals surface area (Å²) in [5.41, 5.74) is 1.12. The van der Waals surface area contributed by atoms with Crippen molar-refractivity contribution in [3.63, 3.8) is 0 Å². The Kier molecular flexibility index (Phi) is 8.83. The highest BCUT2D eigenvalue weighted by Gasteiger charge is 2.28. The maximum Gasteiger partial charge on any atom is 0.421 e. The van der Waals surface area contributed by atoms with Crippen molar-refractivity contribution in [3.05, 3.63) is 89.5 Å². The number of carbonyl (C=O) groups is 3. The van der Waals surface area contributed by atoms with Crippen molar-refractivity contribution < 1.29 is 29.3 Å². The minimum atomic E-state index is -1.28. The molecule has 8 nitrogen and oxygen atoms in total. The number of aromatic carboxylic acids is 1. The van der Waals surface area contributed by atoms with Gasteiger partial charge < -0.3 is 19.8 Å². The van der Waals surface area contributed by atoms with Crippen molar-refractivity contribution >= 4 is 35.6 Å². The predicted octanol–water partition coefficient (Wildman–Crippen LogP) is 5.88. The summed E-state index contributed by atoms with van der Waals surface area (Å²) in [4.78, 5) is 40.2. The van der Waals surface area contributed by atoms with E-state index in [2.05, 4.69) is 0 Å². The van der Waals surface area contributed by atoms with Crippen LogP contribution in [0.1, 0.15) is 42.3 Å². The van der Waals surface area contributed by atoms with Crippen LogP contribution in [0.15, 0.2) is 77.7 Å². The van der Waals surface area contributed by atoms with Crippen LogP contribution < -0.4 is 4.90 Å². The van der Waals surface area contributed by atoms with Gasteiger partial charge in [0.25, 0.3) is 0 Å². The molecule has 0 unspecified atom stereocenters. The summed E-state index contributed by atoms with van der Waals surface area (Å²) in [6.07, 6.45) is -0.671. The summed E-state index contributed by atoms with van der Waals surface area (Å²) < 4.78 is 6.80. The van der Waals surface area contributed by atoms with Gasteiger partial charge in [-0.15, -0.1) is 0 Å². The molecule has 0 aliphatic heterocycles. The molecule has 194 valence electrons. The zero-order valence-corrected chi connectivity index (χ0v) is 22.0. The van der Waals surface area contributed by atoms with Gasteiger partial charge in [-0.1, -0.05) is 48.0 Å². The van der Waals surface area contributed by atoms with E-state index in [-0.39, 0.29) is 18.7 Å². The van der Waals surface area contributed by atoms with Crippen molar-refractivity contribution in [3.8, 4) is 5.75 Å². The number of hydrogen-bond donors (Lipinski definition) is 2. The van der Waals surface area contributed by atoms with Crippen LogP contribution in [-0.4, -0.2) is 44.6 Å². The van der Waals surface area contributed by atoms with Gasteiger partial charge in [0.1, 0.15) is 23.5 Å². The molecule has 0 aliphatic rings. The molecule has 0 aliphatic carbocycles. The van der Waals surface area contributed by atoms with Gasteiger partial charge in [-0.2, -0.15) is 0 Å². The third-order valence-corrected chi connectivity index (χ3v) is 6.10. The third kappa shape index (κ3) is 8.01. The maximum absolute atomic E-state index is 13.7. The number of hydrogen-bond acceptors (Lipinski definition) is 6. The largest absolute Gasteiger partial charge is 0.507 e. The van der Waals surface area contributed by atoms with E-state index in [0.717, 1.165) is 28.0 Å². The second-order valence-corrected chi connectivity index (χ2v) is 10.5. The lowest BCUT2D eigenvalue weighted by Gasteiger charge is -2.29. The first-order valence-corrected chi connectivity index (χ1v) is 12.4. The first kappa shape index (κ1) is 27.6. The summed E-state index contributed by atoms with van der Waals surface area (Å²) in [5.74, 6) is -2.19. The number of carboxylic acids is 1. The fourth-order valence-electron chi connectivity index (χ4n) is 3.34. The van der Waals surface area contributed by atoms with E-state index in [1.807, 2.05) is 61.5 Å². The molecular weight excluding hydrogens is 492 g/mol. The van der Waals surface area contributed by atoms with Gasteiger partial charge in [-0.25, -0.2) is 13.9 Å². The smallest absolute Gasteiger partial charge is 0.421 e. The Labute approximate surface area is 220 Å². The third-order valence-electron chi connectivity index (χ3n) is 5.12. The lowest BCUT2D eigenvalue weighted by molar-refractivity contribution is -0.118.